The van der Waals surface area contributed by atoms with Crippen molar-refractivity contribution in [1.82, 2.24) is 20.4 Å². The molecule has 0 saturated heterocycles. The summed E-state index contributed by atoms with van der Waals surface area (Å²) in [6.45, 7) is 4.47. The van der Waals surface area contributed by atoms with Crippen molar-refractivity contribution < 1.29 is 8.94 Å². The minimum absolute atomic E-state index is 0.0407. The van der Waals surface area contributed by atoms with E-state index in [1.165, 1.54) is 0 Å². The lowest BCUT2D eigenvalue weighted by atomic mass is 10.2. The van der Waals surface area contributed by atoms with E-state index in [9.17, 15) is 0 Å². The molecule has 6 heteroatoms. The predicted octanol–water partition coefficient (Wildman–Crippen LogP) is 3.14. The molecule has 1 atom stereocenters. The Hall–Kier alpha value is -2.47. The van der Waals surface area contributed by atoms with Gasteiger partial charge in [0.2, 0.25) is 11.8 Å². The van der Waals surface area contributed by atoms with Gasteiger partial charge in [-0.2, -0.15) is 4.98 Å². The smallest absolute Gasteiger partial charge is 0.226 e. The van der Waals surface area contributed by atoms with Crippen molar-refractivity contribution >= 4 is 0 Å². The fourth-order valence-corrected chi connectivity index (χ4v) is 2.06. The van der Waals surface area contributed by atoms with Crippen LogP contribution in [0.1, 0.15) is 37.5 Å². The highest BCUT2D eigenvalue weighted by atomic mass is 16.5. The number of benzene rings is 1. The second kappa shape index (κ2) is 6.53. The number of hydrogen-bond donors (Lipinski definition) is 1. The molecule has 3 rings (SSSR count). The van der Waals surface area contributed by atoms with Gasteiger partial charge in [-0.05, 0) is 6.92 Å². The van der Waals surface area contributed by atoms with Gasteiger partial charge in [0.25, 0.3) is 0 Å². The molecule has 0 aliphatic heterocycles. The van der Waals surface area contributed by atoms with Gasteiger partial charge in [0, 0.05) is 12.0 Å². The molecule has 2 heterocycles. The summed E-state index contributed by atoms with van der Waals surface area (Å²) in [6.07, 6.45) is 2.48. The van der Waals surface area contributed by atoms with E-state index < -0.39 is 0 Å². The van der Waals surface area contributed by atoms with Crippen LogP contribution in [0.25, 0.3) is 11.3 Å². The minimum atomic E-state index is -0.0407. The summed E-state index contributed by atoms with van der Waals surface area (Å²) in [5, 5.41) is 7.18. The Morgan fingerprint density at radius 2 is 2.05 bits per heavy atom. The van der Waals surface area contributed by atoms with Crippen molar-refractivity contribution in [2.75, 3.05) is 0 Å². The fourth-order valence-electron chi connectivity index (χ4n) is 2.06. The molecule has 3 aromatic rings. The molecule has 0 aliphatic carbocycles. The Bertz CT molecular complexity index is 721. The Kier molecular flexibility index (Phi) is 4.29. The molecule has 2 aromatic heterocycles. The monoisotopic (exact) mass is 298 g/mol. The standard InChI is InChI=1S/C16H18N4O2/c1-3-15-19-14(20-22-15)10-17-11(2)16-18-9-13(21-16)12-7-5-4-6-8-12/h4-9,11,17H,3,10H2,1-2H3. The molecule has 1 unspecified atom stereocenters. The largest absolute Gasteiger partial charge is 0.439 e. The van der Waals surface area contributed by atoms with Crippen molar-refractivity contribution in [3.05, 3.63) is 54.1 Å². The number of nitrogens with one attached hydrogen (secondary N) is 1. The van der Waals surface area contributed by atoms with Gasteiger partial charge in [0.15, 0.2) is 11.6 Å². The molecule has 0 radical (unpaired) electrons. The third-order valence-electron chi connectivity index (χ3n) is 3.33. The molecule has 0 saturated carbocycles. The first-order valence-corrected chi connectivity index (χ1v) is 7.32. The van der Waals surface area contributed by atoms with E-state index in [0.717, 1.165) is 17.7 Å². The van der Waals surface area contributed by atoms with Crippen LogP contribution in [0.2, 0.25) is 0 Å². The van der Waals surface area contributed by atoms with E-state index in [-0.39, 0.29) is 6.04 Å². The molecular formula is C16H18N4O2. The van der Waals surface area contributed by atoms with Gasteiger partial charge in [-0.3, -0.25) is 5.32 Å². The summed E-state index contributed by atoms with van der Waals surface area (Å²) in [6, 6.07) is 9.87. The zero-order valence-electron chi connectivity index (χ0n) is 12.6. The van der Waals surface area contributed by atoms with Crippen LogP contribution in [0.4, 0.5) is 0 Å². The molecule has 1 N–H and O–H groups in total. The van der Waals surface area contributed by atoms with Crippen LogP contribution in [-0.2, 0) is 13.0 Å². The van der Waals surface area contributed by atoms with Crippen LogP contribution in [0, 0.1) is 0 Å². The second-order valence-corrected chi connectivity index (χ2v) is 4.99. The van der Waals surface area contributed by atoms with Crippen molar-refractivity contribution in [1.29, 1.82) is 0 Å². The Morgan fingerprint density at radius 1 is 1.23 bits per heavy atom. The van der Waals surface area contributed by atoms with Gasteiger partial charge in [-0.1, -0.05) is 42.4 Å². The summed E-state index contributed by atoms with van der Waals surface area (Å²) < 4.78 is 10.9. The lowest BCUT2D eigenvalue weighted by Gasteiger charge is -2.07. The van der Waals surface area contributed by atoms with E-state index in [1.807, 2.05) is 44.2 Å². The number of oxazole rings is 1. The molecule has 1 aromatic carbocycles. The molecule has 0 bridgehead atoms. The lowest BCUT2D eigenvalue weighted by Crippen LogP contribution is -2.19. The average Bonchev–Trinajstić information content (AvgIpc) is 3.22. The van der Waals surface area contributed by atoms with Crippen molar-refractivity contribution in [2.45, 2.75) is 32.9 Å². The maximum Gasteiger partial charge on any atom is 0.226 e. The maximum absolute atomic E-state index is 5.81. The van der Waals surface area contributed by atoms with E-state index >= 15 is 0 Å². The van der Waals surface area contributed by atoms with Crippen LogP contribution in [0.5, 0.6) is 0 Å². The number of aryl methyl sites for hydroxylation is 1. The molecule has 0 spiro atoms. The van der Waals surface area contributed by atoms with Crippen molar-refractivity contribution in [2.24, 2.45) is 0 Å². The highest BCUT2D eigenvalue weighted by Gasteiger charge is 2.14. The number of hydrogen-bond acceptors (Lipinski definition) is 6. The SMILES string of the molecule is CCc1nc(CNC(C)c2ncc(-c3ccccc3)o2)no1. The normalized spacial score (nSPS) is 12.5. The van der Waals surface area contributed by atoms with Gasteiger partial charge < -0.3 is 8.94 Å². The van der Waals surface area contributed by atoms with E-state index in [4.69, 9.17) is 8.94 Å². The number of nitrogens with zero attached hydrogens (tertiary/aromatic N) is 3. The van der Waals surface area contributed by atoms with E-state index in [2.05, 4.69) is 20.4 Å². The maximum atomic E-state index is 5.81. The summed E-state index contributed by atoms with van der Waals surface area (Å²) in [5.41, 5.74) is 1.01. The highest BCUT2D eigenvalue weighted by Crippen LogP contribution is 2.22. The third kappa shape index (κ3) is 3.23. The third-order valence-corrected chi connectivity index (χ3v) is 3.33. The van der Waals surface area contributed by atoms with Gasteiger partial charge in [0.05, 0.1) is 18.8 Å². The van der Waals surface area contributed by atoms with Crippen LogP contribution in [0.3, 0.4) is 0 Å². The topological polar surface area (TPSA) is 77.0 Å². The Morgan fingerprint density at radius 3 is 2.77 bits per heavy atom. The van der Waals surface area contributed by atoms with E-state index in [1.54, 1.807) is 6.20 Å². The predicted molar refractivity (Wildman–Crippen MR) is 80.9 cm³/mol. The summed E-state index contributed by atoms with van der Waals surface area (Å²) in [7, 11) is 0. The zero-order valence-corrected chi connectivity index (χ0v) is 12.6. The average molecular weight is 298 g/mol. The molecule has 22 heavy (non-hydrogen) atoms. The molecular weight excluding hydrogens is 280 g/mol. The van der Waals surface area contributed by atoms with Crippen molar-refractivity contribution in [3.63, 3.8) is 0 Å². The quantitative estimate of drug-likeness (QED) is 0.753. The van der Waals surface area contributed by atoms with Crippen LogP contribution < -0.4 is 5.32 Å². The van der Waals surface area contributed by atoms with Crippen LogP contribution >= 0.6 is 0 Å². The fraction of sp³-hybridized carbons (Fsp3) is 0.312. The first-order chi connectivity index (χ1) is 10.8. The van der Waals surface area contributed by atoms with Crippen molar-refractivity contribution in [3.8, 4) is 11.3 Å². The van der Waals surface area contributed by atoms with Crippen LogP contribution in [0.15, 0.2) is 45.5 Å². The second-order valence-electron chi connectivity index (χ2n) is 4.99. The zero-order chi connectivity index (χ0) is 15.4. The first kappa shape index (κ1) is 14.5. The molecule has 0 fully saturated rings. The number of aromatic nitrogens is 3. The van der Waals surface area contributed by atoms with Crippen LogP contribution in [-0.4, -0.2) is 15.1 Å². The minimum Gasteiger partial charge on any atom is -0.439 e. The lowest BCUT2D eigenvalue weighted by molar-refractivity contribution is 0.370. The van der Waals surface area contributed by atoms with Gasteiger partial charge in [-0.15, -0.1) is 0 Å². The Balaban J connectivity index is 1.63. The molecule has 0 amide bonds. The molecule has 6 nitrogen and oxygen atoms in total. The van der Waals surface area contributed by atoms with Gasteiger partial charge in [-0.25, -0.2) is 4.98 Å². The summed E-state index contributed by atoms with van der Waals surface area (Å²) in [4.78, 5) is 8.59. The van der Waals surface area contributed by atoms with E-state index in [0.29, 0.717) is 24.2 Å². The van der Waals surface area contributed by atoms with Gasteiger partial charge >= 0.3 is 0 Å². The molecule has 114 valence electrons. The number of rotatable bonds is 6. The summed E-state index contributed by atoms with van der Waals surface area (Å²) in [5.74, 6) is 2.68. The highest BCUT2D eigenvalue weighted by molar-refractivity contribution is 5.55. The van der Waals surface area contributed by atoms with Gasteiger partial charge in [0.1, 0.15) is 0 Å². The Labute approximate surface area is 128 Å². The first-order valence-electron chi connectivity index (χ1n) is 7.32. The molecule has 0 aliphatic rings. The summed E-state index contributed by atoms with van der Waals surface area (Å²) >= 11 is 0.